The average molecular weight is 363 g/mol. The van der Waals surface area contributed by atoms with Crippen LogP contribution in [0.2, 0.25) is 5.02 Å². The number of aryl methyl sites for hydroxylation is 3. The van der Waals surface area contributed by atoms with Gasteiger partial charge < -0.3 is 0 Å². The molecule has 120 valence electrons. The lowest BCUT2D eigenvalue weighted by molar-refractivity contribution is 0.678. The van der Waals surface area contributed by atoms with Gasteiger partial charge in [-0.05, 0) is 50.3 Å². The van der Waals surface area contributed by atoms with Crippen LogP contribution in [0.3, 0.4) is 0 Å². The first-order valence-corrected chi connectivity index (χ1v) is 9.74. The highest BCUT2D eigenvalue weighted by molar-refractivity contribution is 7.15. The van der Waals surface area contributed by atoms with Crippen LogP contribution in [0.25, 0.3) is 10.6 Å². The van der Waals surface area contributed by atoms with Crippen molar-refractivity contribution in [2.75, 3.05) is 0 Å². The number of hydrogen-bond acceptors (Lipinski definition) is 4. The first kappa shape index (κ1) is 16.6. The molecule has 2 nitrogen and oxygen atoms in total. The lowest BCUT2D eigenvalue weighted by Gasteiger charge is -2.10. The van der Waals surface area contributed by atoms with Gasteiger partial charge in [-0.15, -0.1) is 22.7 Å². The molecule has 0 aliphatic rings. The van der Waals surface area contributed by atoms with Gasteiger partial charge in [-0.2, -0.15) is 0 Å². The fraction of sp³-hybridized carbons (Fsp3) is 0.333. The fourth-order valence-electron chi connectivity index (χ4n) is 2.60. The maximum atomic E-state index is 5.95. The quantitative estimate of drug-likeness (QED) is 0.534. The molecule has 0 saturated heterocycles. The topological polar surface area (TPSA) is 25.8 Å². The summed E-state index contributed by atoms with van der Waals surface area (Å²) in [5.41, 5.74) is 3.49. The van der Waals surface area contributed by atoms with E-state index in [1.54, 1.807) is 22.7 Å². The van der Waals surface area contributed by atoms with E-state index in [4.69, 9.17) is 16.6 Å². The van der Waals surface area contributed by atoms with Crippen LogP contribution >= 0.6 is 34.3 Å². The molecule has 2 aromatic heterocycles. The van der Waals surface area contributed by atoms with Crippen LogP contribution in [-0.4, -0.2) is 9.97 Å². The minimum absolute atomic E-state index is 0.506. The van der Waals surface area contributed by atoms with E-state index in [1.165, 1.54) is 15.4 Å². The monoisotopic (exact) mass is 362 g/mol. The molecular weight excluding hydrogens is 344 g/mol. The number of rotatable bonds is 5. The number of benzene rings is 1. The normalized spacial score (nSPS) is 12.5. The minimum Gasteiger partial charge on any atom is -0.246 e. The van der Waals surface area contributed by atoms with E-state index in [2.05, 4.69) is 36.3 Å². The van der Waals surface area contributed by atoms with Gasteiger partial charge in [-0.1, -0.05) is 30.7 Å². The maximum absolute atomic E-state index is 5.95. The Morgan fingerprint density at radius 1 is 1.13 bits per heavy atom. The van der Waals surface area contributed by atoms with Gasteiger partial charge >= 0.3 is 0 Å². The highest BCUT2D eigenvalue weighted by Gasteiger charge is 2.12. The molecule has 0 fully saturated rings. The zero-order valence-electron chi connectivity index (χ0n) is 13.5. The van der Waals surface area contributed by atoms with E-state index in [0.717, 1.165) is 34.3 Å². The van der Waals surface area contributed by atoms with Crippen LogP contribution in [-0.2, 0) is 6.42 Å². The Kier molecular flexibility index (Phi) is 5.14. The van der Waals surface area contributed by atoms with Crippen LogP contribution in [0.15, 0.2) is 29.6 Å². The van der Waals surface area contributed by atoms with Crippen molar-refractivity contribution in [2.24, 2.45) is 0 Å². The molecule has 0 aliphatic heterocycles. The van der Waals surface area contributed by atoms with Gasteiger partial charge in [-0.3, -0.25) is 0 Å². The average Bonchev–Trinajstić information content (AvgIpc) is 3.11. The lowest BCUT2D eigenvalue weighted by Crippen LogP contribution is -1.96. The number of thiazole rings is 2. The van der Waals surface area contributed by atoms with Gasteiger partial charge in [0.25, 0.3) is 0 Å². The van der Waals surface area contributed by atoms with Crippen molar-refractivity contribution in [1.29, 1.82) is 0 Å². The Morgan fingerprint density at radius 2 is 1.87 bits per heavy atom. The van der Waals surface area contributed by atoms with Crippen molar-refractivity contribution in [3.63, 3.8) is 0 Å². The molecule has 0 N–H and O–H groups in total. The number of aromatic nitrogens is 2. The van der Waals surface area contributed by atoms with Crippen molar-refractivity contribution in [2.45, 2.75) is 39.5 Å². The van der Waals surface area contributed by atoms with Crippen molar-refractivity contribution in [1.82, 2.24) is 9.97 Å². The summed E-state index contributed by atoms with van der Waals surface area (Å²) in [6, 6.07) is 8.15. The van der Waals surface area contributed by atoms with Gasteiger partial charge in [0.15, 0.2) is 0 Å². The van der Waals surface area contributed by atoms with Crippen LogP contribution in [0.4, 0.5) is 0 Å². The van der Waals surface area contributed by atoms with Gasteiger partial charge in [0.2, 0.25) is 0 Å². The summed E-state index contributed by atoms with van der Waals surface area (Å²) in [5.74, 6) is 0.506. The molecular formula is C18H19ClN2S2. The van der Waals surface area contributed by atoms with Crippen LogP contribution in [0, 0.1) is 13.8 Å². The molecule has 5 heteroatoms. The smallest absolute Gasteiger partial charge is 0.0933 e. The second kappa shape index (κ2) is 7.12. The first-order valence-electron chi connectivity index (χ1n) is 7.67. The predicted octanol–water partition coefficient (Wildman–Crippen LogP) is 6.27. The zero-order valence-corrected chi connectivity index (χ0v) is 15.9. The summed E-state index contributed by atoms with van der Waals surface area (Å²) < 4.78 is 0. The molecule has 3 aromatic rings. The van der Waals surface area contributed by atoms with Gasteiger partial charge in [0, 0.05) is 10.4 Å². The van der Waals surface area contributed by atoms with E-state index in [-0.39, 0.29) is 0 Å². The molecule has 1 atom stereocenters. The Labute approximate surface area is 150 Å². The Bertz CT molecular complexity index is 790. The van der Waals surface area contributed by atoms with Crippen molar-refractivity contribution in [3.05, 3.63) is 55.9 Å². The van der Waals surface area contributed by atoms with Crippen LogP contribution in [0.5, 0.6) is 0 Å². The molecule has 23 heavy (non-hydrogen) atoms. The second-order valence-corrected chi connectivity index (χ2v) is 8.35. The summed E-state index contributed by atoms with van der Waals surface area (Å²) >= 11 is 9.42. The van der Waals surface area contributed by atoms with E-state index < -0.39 is 0 Å². The van der Waals surface area contributed by atoms with Crippen LogP contribution in [0.1, 0.15) is 40.5 Å². The van der Waals surface area contributed by atoms with Gasteiger partial charge in [0.1, 0.15) is 0 Å². The fourth-order valence-corrected chi connectivity index (χ4v) is 4.48. The highest BCUT2D eigenvalue weighted by Crippen LogP contribution is 2.31. The lowest BCUT2D eigenvalue weighted by atomic mass is 9.96. The zero-order chi connectivity index (χ0) is 16.4. The molecule has 3 rings (SSSR count). The van der Waals surface area contributed by atoms with Crippen molar-refractivity contribution < 1.29 is 0 Å². The predicted molar refractivity (Wildman–Crippen MR) is 101 cm³/mol. The summed E-state index contributed by atoms with van der Waals surface area (Å²) in [5, 5.41) is 5.25. The largest absolute Gasteiger partial charge is 0.246 e. The molecule has 1 aromatic carbocycles. The van der Waals surface area contributed by atoms with E-state index in [0.29, 0.717) is 5.92 Å². The summed E-state index contributed by atoms with van der Waals surface area (Å²) in [7, 11) is 0. The summed E-state index contributed by atoms with van der Waals surface area (Å²) in [6.45, 7) is 6.36. The SMILES string of the molecule is Cc1nc(C)c(-c2csc(CCC(C)c3ccc(Cl)cc3)n2)s1. The summed E-state index contributed by atoms with van der Waals surface area (Å²) in [6.07, 6.45) is 2.10. The Balaban J connectivity index is 1.65. The maximum Gasteiger partial charge on any atom is 0.0933 e. The molecule has 0 amide bonds. The number of halogens is 1. The van der Waals surface area contributed by atoms with E-state index >= 15 is 0 Å². The number of nitrogens with zero attached hydrogens (tertiary/aromatic N) is 2. The second-order valence-electron chi connectivity index (χ2n) is 5.77. The molecule has 0 saturated carbocycles. The molecule has 1 unspecified atom stereocenters. The van der Waals surface area contributed by atoms with Crippen molar-refractivity contribution >= 4 is 34.3 Å². The van der Waals surface area contributed by atoms with E-state index in [9.17, 15) is 0 Å². The molecule has 0 radical (unpaired) electrons. The molecule has 0 bridgehead atoms. The standard InChI is InChI=1S/C18H19ClN2S2/c1-11(14-5-7-15(19)8-6-14)4-9-17-21-16(10-22-17)18-12(2)20-13(3)23-18/h5-8,10-11H,4,9H2,1-3H3. The van der Waals surface area contributed by atoms with Crippen molar-refractivity contribution in [3.8, 4) is 10.6 Å². The molecule has 0 aliphatic carbocycles. The highest BCUT2D eigenvalue weighted by atomic mass is 35.5. The molecule has 2 heterocycles. The summed E-state index contributed by atoms with van der Waals surface area (Å²) in [4.78, 5) is 10.5. The first-order chi connectivity index (χ1) is 11.0. The minimum atomic E-state index is 0.506. The molecule has 0 spiro atoms. The third-order valence-corrected chi connectivity index (χ3v) is 6.17. The van der Waals surface area contributed by atoms with Gasteiger partial charge in [-0.25, -0.2) is 9.97 Å². The Hall–Kier alpha value is -1.23. The number of hydrogen-bond donors (Lipinski definition) is 0. The Morgan fingerprint density at radius 3 is 2.52 bits per heavy atom. The van der Waals surface area contributed by atoms with Gasteiger partial charge in [0.05, 0.1) is 26.3 Å². The van der Waals surface area contributed by atoms with E-state index in [1.807, 2.05) is 19.1 Å². The third kappa shape index (κ3) is 4.00. The third-order valence-electron chi connectivity index (χ3n) is 3.92. The van der Waals surface area contributed by atoms with Crippen LogP contribution < -0.4 is 0 Å².